The number of rotatable bonds is 18. The van der Waals surface area contributed by atoms with Crippen LogP contribution in [0.1, 0.15) is 78.7 Å². The second-order valence-corrected chi connectivity index (χ2v) is 17.6. The highest BCUT2D eigenvalue weighted by Crippen LogP contribution is 2.11. The molecular formula is C45H78N14O13. The number of aliphatic carboxylic acids is 1. The Morgan fingerprint density at radius 1 is 0.639 bits per heavy atom. The predicted molar refractivity (Wildman–Crippen MR) is 262 cm³/mol. The lowest BCUT2D eigenvalue weighted by Gasteiger charge is -2.28. The van der Waals surface area contributed by atoms with Gasteiger partial charge in [0.15, 0.2) is 0 Å². The monoisotopic (exact) mass is 1020 g/mol. The Bertz CT molecular complexity index is 1940. The van der Waals surface area contributed by atoms with E-state index >= 15 is 0 Å². The first-order valence-corrected chi connectivity index (χ1v) is 23.8. The van der Waals surface area contributed by atoms with Gasteiger partial charge in [0.1, 0.15) is 54.4 Å². The van der Waals surface area contributed by atoms with Gasteiger partial charge in [0.05, 0.1) is 12.2 Å². The second kappa shape index (κ2) is 33.3. The van der Waals surface area contributed by atoms with E-state index in [1.165, 1.54) is 13.8 Å². The number of nitrogens with one attached hydrogen (secondary N) is 9. The molecule has 0 spiro atoms. The summed E-state index contributed by atoms with van der Waals surface area (Å²) in [6.07, 6.45) is -3.78. The lowest BCUT2D eigenvalue weighted by atomic mass is 10.00. The van der Waals surface area contributed by atoms with Crippen molar-refractivity contribution in [2.24, 2.45) is 34.6 Å². The van der Waals surface area contributed by atoms with Crippen LogP contribution in [0.3, 0.4) is 0 Å². The van der Waals surface area contributed by atoms with Gasteiger partial charge >= 0.3 is 0 Å². The third kappa shape index (κ3) is 23.2. The van der Waals surface area contributed by atoms with Crippen molar-refractivity contribution >= 4 is 59.1 Å². The first-order valence-electron chi connectivity index (χ1n) is 23.8. The average molecular weight is 1020 g/mol. The number of amides is 9. The first-order chi connectivity index (χ1) is 33.9. The molecule has 406 valence electrons. The lowest BCUT2D eigenvalue weighted by molar-refractivity contribution is -0.136. The highest BCUT2D eigenvalue weighted by molar-refractivity contribution is 5.98. The Balaban J connectivity index is 0.00000623. The van der Waals surface area contributed by atoms with E-state index in [0.29, 0.717) is 5.56 Å². The second-order valence-electron chi connectivity index (χ2n) is 17.6. The van der Waals surface area contributed by atoms with Crippen LogP contribution in [0.5, 0.6) is 0 Å². The zero-order chi connectivity index (χ0) is 54.7. The number of carbonyl (C=O) groups excluding carboxylic acids is 9. The summed E-state index contributed by atoms with van der Waals surface area (Å²) in [5, 5.41) is 50.8. The molecule has 1 fully saturated rings. The molecule has 11 atom stereocenters. The Hall–Kier alpha value is -6.36. The van der Waals surface area contributed by atoms with Crippen molar-refractivity contribution in [2.45, 2.75) is 146 Å². The number of carboxylic acids is 1. The highest BCUT2D eigenvalue weighted by atomic mass is 16.4. The van der Waals surface area contributed by atoms with Gasteiger partial charge < -0.3 is 91.8 Å². The third-order valence-corrected chi connectivity index (χ3v) is 10.9. The van der Waals surface area contributed by atoms with Crippen LogP contribution in [0.2, 0.25) is 0 Å². The van der Waals surface area contributed by atoms with Crippen LogP contribution < -0.4 is 76.5 Å². The number of hydrogen-bond acceptors (Lipinski definition) is 17. The molecule has 27 heteroatoms. The first kappa shape index (κ1) is 63.7. The number of nitrogens with two attached hydrogens (primary N) is 5. The molecule has 1 aliphatic heterocycles. The lowest BCUT2D eigenvalue weighted by Crippen LogP contribution is -2.61. The molecule has 1 aromatic carbocycles. The van der Waals surface area contributed by atoms with E-state index in [1.807, 2.05) is 0 Å². The molecule has 22 N–H and O–H groups in total. The van der Waals surface area contributed by atoms with E-state index in [4.69, 9.17) is 38.6 Å². The summed E-state index contributed by atoms with van der Waals surface area (Å²) in [4.78, 5) is 133. The third-order valence-electron chi connectivity index (χ3n) is 10.9. The minimum Gasteiger partial charge on any atom is -0.481 e. The average Bonchev–Trinajstić information content (AvgIpc) is 3.30. The molecule has 0 radical (unpaired) electrons. The summed E-state index contributed by atoms with van der Waals surface area (Å²) >= 11 is 0. The van der Waals surface area contributed by atoms with Crippen molar-refractivity contribution in [3.8, 4) is 0 Å². The quantitative estimate of drug-likeness (QED) is 0.0650. The minimum atomic E-state index is -1.63. The number of benzene rings is 1. The maximum atomic E-state index is 14.2. The van der Waals surface area contributed by atoms with Crippen LogP contribution in [-0.2, 0) is 54.4 Å². The van der Waals surface area contributed by atoms with Crippen LogP contribution in [-0.4, -0.2) is 174 Å². The number of carboxylic acid groups (broad SMARTS) is 1. The highest BCUT2D eigenvalue weighted by Gasteiger charge is 2.36. The molecular weight excluding hydrogens is 945 g/mol. The van der Waals surface area contributed by atoms with Crippen LogP contribution in [0.15, 0.2) is 30.3 Å². The van der Waals surface area contributed by atoms with Crippen LogP contribution in [0, 0.1) is 5.92 Å². The van der Waals surface area contributed by atoms with Crippen molar-refractivity contribution < 1.29 is 63.3 Å². The molecule has 1 aliphatic rings. The largest absolute Gasteiger partial charge is 0.481 e. The number of hydrogen-bond donors (Lipinski definition) is 17. The van der Waals surface area contributed by atoms with Gasteiger partial charge in [0, 0.05) is 19.9 Å². The summed E-state index contributed by atoms with van der Waals surface area (Å²) in [6, 6.07) is -4.14. The molecule has 1 saturated heterocycles. The maximum Gasteiger partial charge on any atom is 0.300 e. The maximum absolute atomic E-state index is 14.2. The van der Waals surface area contributed by atoms with Gasteiger partial charge in [-0.05, 0) is 90.0 Å². The van der Waals surface area contributed by atoms with E-state index in [0.717, 1.165) is 6.92 Å². The zero-order valence-corrected chi connectivity index (χ0v) is 41.6. The molecule has 1 aromatic rings. The van der Waals surface area contributed by atoms with Crippen molar-refractivity contribution in [2.75, 3.05) is 32.7 Å². The Morgan fingerprint density at radius 3 is 1.54 bits per heavy atom. The number of carbonyl (C=O) groups is 10. The fraction of sp³-hybridized carbons (Fsp3) is 0.644. The van der Waals surface area contributed by atoms with Crippen LogP contribution in [0.25, 0.3) is 0 Å². The van der Waals surface area contributed by atoms with Crippen molar-refractivity contribution in [1.29, 1.82) is 0 Å². The van der Waals surface area contributed by atoms with Gasteiger partial charge in [-0.3, -0.25) is 47.9 Å². The van der Waals surface area contributed by atoms with E-state index in [1.54, 1.807) is 44.2 Å². The Labute approximate surface area is 418 Å². The number of aliphatic hydroxyl groups is 2. The fourth-order valence-electron chi connectivity index (χ4n) is 7.00. The van der Waals surface area contributed by atoms with Gasteiger partial charge in [-0.15, -0.1) is 0 Å². The summed E-state index contributed by atoms with van der Waals surface area (Å²) < 4.78 is 0. The smallest absolute Gasteiger partial charge is 0.300 e. The van der Waals surface area contributed by atoms with Crippen molar-refractivity contribution in [1.82, 2.24) is 47.9 Å². The van der Waals surface area contributed by atoms with Gasteiger partial charge in [-0.1, -0.05) is 44.2 Å². The normalized spacial score (nSPS) is 23.8. The summed E-state index contributed by atoms with van der Waals surface area (Å²) in [5.41, 5.74) is 29.6. The minimum absolute atomic E-state index is 0.0731. The standard InChI is InChI=1S/C43H74N14O11.C2H4O2/c1-22(2)20-31-40(65)52-26(10-15-44)35(60)51-29(13-18-47)39(64)57-34(24(4)59)43(68)49-19-14-30(53-36(61)28(12-17-46)54-42(67)33(48)23(3)58)38(63)50-27(11-16-45)37(62)56-32(41(66)55-31)21-25-8-6-5-7-9-25;1-2(3)4/h5-9,22-24,26-34,58-59H,10-21,44-48H2,1-4H3,(H,49,68)(H,50,63)(H,51,60)(H,52,65)(H,53,61)(H,54,67)(H,55,66)(H,56,62)(H,57,64);1H3,(H,3,4)/t23-,24-,26+,27+,28+,29?,30?,31+,32-,33+,34+;/m1./s1. The molecule has 0 aliphatic carbocycles. The zero-order valence-electron chi connectivity index (χ0n) is 41.6. The van der Waals surface area contributed by atoms with Gasteiger partial charge in [0.2, 0.25) is 53.2 Å². The molecule has 2 rings (SSSR count). The van der Waals surface area contributed by atoms with Gasteiger partial charge in [-0.25, -0.2) is 0 Å². The van der Waals surface area contributed by atoms with Crippen LogP contribution >= 0.6 is 0 Å². The Kier molecular flexibility index (Phi) is 29.5. The fourth-order valence-corrected chi connectivity index (χ4v) is 7.00. The van der Waals surface area contributed by atoms with Crippen molar-refractivity contribution in [3.05, 3.63) is 35.9 Å². The molecule has 0 bridgehead atoms. The molecule has 1 heterocycles. The topological polar surface area (TPSA) is 470 Å². The van der Waals surface area contributed by atoms with E-state index in [2.05, 4.69) is 47.9 Å². The van der Waals surface area contributed by atoms with Gasteiger partial charge in [-0.2, -0.15) is 0 Å². The molecule has 72 heavy (non-hydrogen) atoms. The summed E-state index contributed by atoms with van der Waals surface area (Å²) in [7, 11) is 0. The summed E-state index contributed by atoms with van der Waals surface area (Å²) in [6.45, 7) is 6.29. The molecule has 0 saturated carbocycles. The SMILES string of the molecule is CC(=O)O.CC(C)C[C@@H]1NC(=O)[C@@H](Cc2ccccc2)NC(=O)[C@H](CCN)NC(=O)C(NC(=O)[C@H](CCN)NC(=O)[C@@H](N)[C@@H](C)O)CCNC(=O)[C@H]([C@@H](C)O)NC(=O)C(CCN)NC(=O)[C@H](CCN)NC1=O. The van der Waals surface area contributed by atoms with Crippen LogP contribution in [0.4, 0.5) is 0 Å². The predicted octanol–water partition coefficient (Wildman–Crippen LogP) is -6.75. The number of aliphatic hydroxyl groups excluding tert-OH is 2. The van der Waals surface area contributed by atoms with Gasteiger partial charge in [0.25, 0.3) is 5.97 Å². The summed E-state index contributed by atoms with van der Waals surface area (Å²) in [5.74, 6) is -8.97. The van der Waals surface area contributed by atoms with Crippen molar-refractivity contribution in [3.63, 3.8) is 0 Å². The Morgan fingerprint density at radius 2 is 1.08 bits per heavy atom. The van der Waals surface area contributed by atoms with E-state index < -0.39 is 132 Å². The molecule has 9 amide bonds. The molecule has 0 aromatic heterocycles. The molecule has 2 unspecified atom stereocenters. The molecule has 27 nitrogen and oxygen atoms in total. The van der Waals surface area contributed by atoms with E-state index in [9.17, 15) is 53.4 Å². The van der Waals surface area contributed by atoms with E-state index in [-0.39, 0.29) is 77.0 Å².